The molecule has 0 radical (unpaired) electrons. The first-order chi connectivity index (χ1) is 6.56. The van der Waals surface area contributed by atoms with Crippen LogP contribution in [0.25, 0.3) is 0 Å². The molecule has 1 aromatic carbocycles. The van der Waals surface area contributed by atoms with Crippen LogP contribution in [-0.2, 0) is 5.41 Å². The van der Waals surface area contributed by atoms with E-state index in [2.05, 4.69) is 31.2 Å². The van der Waals surface area contributed by atoms with Crippen LogP contribution < -0.4 is 0 Å². The normalized spacial score (nSPS) is 10.4. The van der Waals surface area contributed by atoms with Crippen molar-refractivity contribution in [2.75, 3.05) is 6.61 Å². The molecular weight excluding hydrogens is 172 g/mol. The number of aliphatic hydroxyl groups is 1. The molecule has 0 bridgehead atoms. The van der Waals surface area contributed by atoms with Crippen LogP contribution in [0, 0.1) is 6.92 Å². The summed E-state index contributed by atoms with van der Waals surface area (Å²) in [6.07, 6.45) is 0. The van der Waals surface area contributed by atoms with Crippen molar-refractivity contribution in [2.45, 2.75) is 40.0 Å². The average Bonchev–Trinajstić information content (AvgIpc) is 2.21. The molecule has 0 fully saturated rings. The number of hydrogen-bond donors (Lipinski definition) is 1. The summed E-state index contributed by atoms with van der Waals surface area (Å²) in [7, 11) is 0. The van der Waals surface area contributed by atoms with Crippen LogP contribution in [0.1, 0.15) is 38.8 Å². The SMILES string of the molecule is CC.Cc1ccc(C(C)(C)CO)cc1. The van der Waals surface area contributed by atoms with Crippen molar-refractivity contribution >= 4 is 0 Å². The van der Waals surface area contributed by atoms with Crippen LogP contribution in [0.15, 0.2) is 24.3 Å². The Kier molecular flexibility index (Phi) is 5.47. The second kappa shape index (κ2) is 5.82. The highest BCUT2D eigenvalue weighted by Crippen LogP contribution is 2.22. The van der Waals surface area contributed by atoms with E-state index in [-0.39, 0.29) is 12.0 Å². The fourth-order valence-electron chi connectivity index (χ4n) is 1.10. The topological polar surface area (TPSA) is 20.2 Å². The fourth-order valence-corrected chi connectivity index (χ4v) is 1.10. The molecule has 0 atom stereocenters. The van der Waals surface area contributed by atoms with Crippen LogP contribution in [0.2, 0.25) is 0 Å². The van der Waals surface area contributed by atoms with E-state index >= 15 is 0 Å². The van der Waals surface area contributed by atoms with Gasteiger partial charge in [0.1, 0.15) is 0 Å². The monoisotopic (exact) mass is 194 g/mol. The molecule has 0 aliphatic heterocycles. The Morgan fingerprint density at radius 3 is 1.86 bits per heavy atom. The molecule has 1 aromatic rings. The molecule has 0 amide bonds. The molecule has 80 valence electrons. The maximum atomic E-state index is 9.12. The maximum absolute atomic E-state index is 9.12. The van der Waals surface area contributed by atoms with Crippen molar-refractivity contribution in [3.63, 3.8) is 0 Å². The highest BCUT2D eigenvalue weighted by molar-refractivity contribution is 5.27. The molecule has 1 heteroatoms. The van der Waals surface area contributed by atoms with E-state index in [4.69, 9.17) is 5.11 Å². The third-order valence-corrected chi connectivity index (χ3v) is 2.23. The second-order valence-electron chi connectivity index (χ2n) is 3.91. The lowest BCUT2D eigenvalue weighted by atomic mass is 9.85. The molecule has 0 spiro atoms. The second-order valence-corrected chi connectivity index (χ2v) is 3.91. The first kappa shape index (κ1) is 13.2. The van der Waals surface area contributed by atoms with Gasteiger partial charge in [0.05, 0.1) is 6.61 Å². The molecule has 1 rings (SSSR count). The molecule has 0 aliphatic carbocycles. The van der Waals surface area contributed by atoms with Crippen LogP contribution in [-0.4, -0.2) is 11.7 Å². The van der Waals surface area contributed by atoms with Crippen molar-refractivity contribution in [3.05, 3.63) is 35.4 Å². The van der Waals surface area contributed by atoms with Gasteiger partial charge in [0.2, 0.25) is 0 Å². The van der Waals surface area contributed by atoms with Gasteiger partial charge >= 0.3 is 0 Å². The summed E-state index contributed by atoms with van der Waals surface area (Å²) in [5, 5.41) is 9.12. The Bertz CT molecular complexity index is 246. The van der Waals surface area contributed by atoms with Gasteiger partial charge in [0.25, 0.3) is 0 Å². The van der Waals surface area contributed by atoms with Gasteiger partial charge < -0.3 is 5.11 Å². The minimum absolute atomic E-state index is 0.117. The lowest BCUT2D eigenvalue weighted by molar-refractivity contribution is 0.218. The number of aryl methyl sites for hydroxylation is 1. The summed E-state index contributed by atoms with van der Waals surface area (Å²) in [6.45, 7) is 10.3. The van der Waals surface area contributed by atoms with Crippen LogP contribution >= 0.6 is 0 Å². The van der Waals surface area contributed by atoms with Crippen molar-refractivity contribution < 1.29 is 5.11 Å². The van der Waals surface area contributed by atoms with Crippen molar-refractivity contribution in [1.82, 2.24) is 0 Å². The van der Waals surface area contributed by atoms with E-state index in [9.17, 15) is 0 Å². The van der Waals surface area contributed by atoms with Gasteiger partial charge in [-0.25, -0.2) is 0 Å². The zero-order valence-electron chi connectivity index (χ0n) is 9.96. The minimum atomic E-state index is -0.117. The van der Waals surface area contributed by atoms with E-state index in [1.54, 1.807) is 0 Å². The molecule has 0 saturated heterocycles. The van der Waals surface area contributed by atoms with Gasteiger partial charge in [-0.3, -0.25) is 0 Å². The molecule has 0 heterocycles. The summed E-state index contributed by atoms with van der Waals surface area (Å²) >= 11 is 0. The Morgan fingerprint density at radius 1 is 1.07 bits per heavy atom. The molecule has 0 aromatic heterocycles. The zero-order valence-corrected chi connectivity index (χ0v) is 9.96. The molecule has 0 saturated carbocycles. The quantitative estimate of drug-likeness (QED) is 0.766. The third-order valence-electron chi connectivity index (χ3n) is 2.23. The molecule has 0 unspecified atom stereocenters. The zero-order chi connectivity index (χ0) is 11.2. The number of aliphatic hydroxyl groups excluding tert-OH is 1. The Morgan fingerprint density at radius 2 is 1.50 bits per heavy atom. The van der Waals surface area contributed by atoms with Crippen molar-refractivity contribution in [1.29, 1.82) is 0 Å². The minimum Gasteiger partial charge on any atom is -0.395 e. The summed E-state index contributed by atoms with van der Waals surface area (Å²) in [5.41, 5.74) is 2.33. The average molecular weight is 194 g/mol. The number of hydrogen-bond acceptors (Lipinski definition) is 1. The van der Waals surface area contributed by atoms with E-state index in [1.807, 2.05) is 27.7 Å². The smallest absolute Gasteiger partial charge is 0.0522 e. The maximum Gasteiger partial charge on any atom is 0.0522 e. The largest absolute Gasteiger partial charge is 0.395 e. The Balaban J connectivity index is 0.000000791. The highest BCUT2D eigenvalue weighted by atomic mass is 16.3. The van der Waals surface area contributed by atoms with Gasteiger partial charge in [-0.2, -0.15) is 0 Å². The first-order valence-electron chi connectivity index (χ1n) is 5.24. The summed E-state index contributed by atoms with van der Waals surface area (Å²) in [4.78, 5) is 0. The number of benzene rings is 1. The molecule has 14 heavy (non-hydrogen) atoms. The predicted molar refractivity (Wildman–Crippen MR) is 62.6 cm³/mol. The Hall–Kier alpha value is -0.820. The first-order valence-corrected chi connectivity index (χ1v) is 5.24. The van der Waals surface area contributed by atoms with Crippen molar-refractivity contribution in [2.24, 2.45) is 0 Å². The van der Waals surface area contributed by atoms with Crippen LogP contribution in [0.3, 0.4) is 0 Å². The highest BCUT2D eigenvalue weighted by Gasteiger charge is 2.18. The van der Waals surface area contributed by atoms with Gasteiger partial charge in [0.15, 0.2) is 0 Å². The molecular formula is C13H22O. The lowest BCUT2D eigenvalue weighted by Crippen LogP contribution is -2.21. The fraction of sp³-hybridized carbons (Fsp3) is 0.538. The molecule has 1 N–H and O–H groups in total. The van der Waals surface area contributed by atoms with E-state index in [1.165, 1.54) is 11.1 Å². The summed E-state index contributed by atoms with van der Waals surface area (Å²) < 4.78 is 0. The van der Waals surface area contributed by atoms with Gasteiger partial charge in [-0.15, -0.1) is 0 Å². The standard InChI is InChI=1S/C11H16O.C2H6/c1-9-4-6-10(7-5-9)11(2,3)8-12;1-2/h4-7,12H,8H2,1-3H3;1-2H3. The number of rotatable bonds is 2. The third kappa shape index (κ3) is 3.51. The van der Waals surface area contributed by atoms with Gasteiger partial charge in [-0.1, -0.05) is 57.5 Å². The van der Waals surface area contributed by atoms with Crippen LogP contribution in [0.4, 0.5) is 0 Å². The lowest BCUT2D eigenvalue weighted by Gasteiger charge is -2.22. The summed E-state index contributed by atoms with van der Waals surface area (Å²) in [6, 6.07) is 8.30. The predicted octanol–water partition coefficient (Wildman–Crippen LogP) is 3.29. The van der Waals surface area contributed by atoms with E-state index in [0.717, 1.165) is 0 Å². The van der Waals surface area contributed by atoms with Crippen LogP contribution in [0.5, 0.6) is 0 Å². The molecule has 0 aliphatic rings. The molecule has 1 nitrogen and oxygen atoms in total. The summed E-state index contributed by atoms with van der Waals surface area (Å²) in [5.74, 6) is 0. The van der Waals surface area contributed by atoms with Gasteiger partial charge in [0, 0.05) is 5.41 Å². The van der Waals surface area contributed by atoms with Gasteiger partial charge in [-0.05, 0) is 12.5 Å². The van der Waals surface area contributed by atoms with E-state index in [0.29, 0.717) is 0 Å². The van der Waals surface area contributed by atoms with Crippen molar-refractivity contribution in [3.8, 4) is 0 Å². The Labute approximate surface area is 87.8 Å². The van der Waals surface area contributed by atoms with E-state index < -0.39 is 0 Å².